The fourth-order valence-corrected chi connectivity index (χ4v) is 2.80. The maximum Gasteiger partial charge on any atom is 0.177 e. The van der Waals surface area contributed by atoms with Gasteiger partial charge < -0.3 is 16.0 Å². The van der Waals surface area contributed by atoms with Gasteiger partial charge in [0, 0.05) is 38.1 Å². The lowest BCUT2D eigenvalue weighted by molar-refractivity contribution is 0.589. The Balaban J connectivity index is 0.00000162. The van der Waals surface area contributed by atoms with Crippen LogP contribution in [0.15, 0.2) is 23.1 Å². The molecule has 0 aromatic heterocycles. The van der Waals surface area contributed by atoms with Crippen LogP contribution >= 0.6 is 12.4 Å². The molecule has 1 heterocycles. The van der Waals surface area contributed by atoms with Gasteiger partial charge in [-0.25, -0.2) is 8.42 Å². The van der Waals surface area contributed by atoms with Crippen molar-refractivity contribution in [3.63, 3.8) is 0 Å². The summed E-state index contributed by atoms with van der Waals surface area (Å²) in [7, 11) is -3.24. The van der Waals surface area contributed by atoms with Crippen molar-refractivity contribution >= 4 is 33.6 Å². The van der Waals surface area contributed by atoms with Crippen LogP contribution in [-0.2, 0) is 9.84 Å². The van der Waals surface area contributed by atoms with Gasteiger partial charge in [0.2, 0.25) is 0 Å². The normalized spacial score (nSPS) is 16.2. The number of hydrogen-bond acceptors (Lipinski definition) is 5. The van der Waals surface area contributed by atoms with Crippen molar-refractivity contribution in [3.05, 3.63) is 18.2 Å². The van der Waals surface area contributed by atoms with Crippen LogP contribution in [0.25, 0.3) is 0 Å². The highest BCUT2D eigenvalue weighted by Gasteiger charge is 2.15. The highest BCUT2D eigenvalue weighted by Crippen LogP contribution is 2.25. The van der Waals surface area contributed by atoms with Crippen LogP contribution < -0.4 is 16.0 Å². The minimum atomic E-state index is -3.24. The van der Waals surface area contributed by atoms with Gasteiger partial charge in [0.15, 0.2) is 9.84 Å². The Morgan fingerprint density at radius 3 is 2.39 bits per heavy atom. The highest BCUT2D eigenvalue weighted by molar-refractivity contribution is 7.90. The fraction of sp³-hybridized carbons (Fsp3) is 0.455. The average Bonchev–Trinajstić information content (AvgIpc) is 2.28. The summed E-state index contributed by atoms with van der Waals surface area (Å²) < 4.78 is 22.9. The number of halogens is 1. The molecule has 0 bridgehead atoms. The number of rotatable bonds is 2. The van der Waals surface area contributed by atoms with E-state index in [2.05, 4.69) is 10.2 Å². The summed E-state index contributed by atoms with van der Waals surface area (Å²) in [6.45, 7) is 3.71. The van der Waals surface area contributed by atoms with Crippen LogP contribution in [0.1, 0.15) is 0 Å². The predicted molar refractivity (Wildman–Crippen MR) is 76.3 cm³/mol. The SMILES string of the molecule is CS(=O)(=O)c1ccc(N2CCNCC2)cc1N.Cl. The zero-order valence-corrected chi connectivity index (χ0v) is 11.9. The lowest BCUT2D eigenvalue weighted by Gasteiger charge is -2.29. The van der Waals surface area contributed by atoms with Gasteiger partial charge in [0.25, 0.3) is 0 Å². The standard InChI is InChI=1S/C11H17N3O2S.ClH/c1-17(15,16)11-3-2-9(8-10(11)12)14-6-4-13-5-7-14;/h2-3,8,13H,4-7,12H2,1H3;1H. The van der Waals surface area contributed by atoms with Crippen LogP contribution in [0.5, 0.6) is 0 Å². The Bertz CT molecular complexity index is 513. The van der Waals surface area contributed by atoms with E-state index in [9.17, 15) is 8.42 Å². The van der Waals surface area contributed by atoms with E-state index in [4.69, 9.17) is 5.73 Å². The zero-order valence-electron chi connectivity index (χ0n) is 10.2. The Hall–Kier alpha value is -0.980. The Kier molecular flexibility index (Phi) is 4.84. The third kappa shape index (κ3) is 3.28. The minimum absolute atomic E-state index is 0. The van der Waals surface area contributed by atoms with Gasteiger partial charge in [-0.3, -0.25) is 0 Å². The molecule has 0 aliphatic carbocycles. The van der Waals surface area contributed by atoms with Gasteiger partial charge in [0.1, 0.15) is 0 Å². The van der Waals surface area contributed by atoms with Crippen LogP contribution in [0.4, 0.5) is 11.4 Å². The first-order valence-corrected chi connectivity index (χ1v) is 7.43. The number of nitrogens with zero attached hydrogens (tertiary/aromatic N) is 1. The lowest BCUT2D eigenvalue weighted by Crippen LogP contribution is -2.43. The van der Waals surface area contributed by atoms with Crippen LogP contribution in [-0.4, -0.2) is 40.9 Å². The number of nitrogens with two attached hydrogens (primary N) is 1. The van der Waals surface area contributed by atoms with Gasteiger partial charge in [-0.15, -0.1) is 12.4 Å². The highest BCUT2D eigenvalue weighted by atomic mass is 35.5. The van der Waals surface area contributed by atoms with Crippen LogP contribution in [0.2, 0.25) is 0 Å². The van der Waals surface area contributed by atoms with Crippen molar-refractivity contribution in [1.82, 2.24) is 5.32 Å². The first-order chi connectivity index (χ1) is 7.98. The summed E-state index contributed by atoms with van der Waals surface area (Å²) in [6, 6.07) is 5.14. The average molecular weight is 292 g/mol. The largest absolute Gasteiger partial charge is 0.398 e. The smallest absolute Gasteiger partial charge is 0.177 e. The van der Waals surface area contributed by atoms with Gasteiger partial charge in [-0.1, -0.05) is 0 Å². The third-order valence-corrected chi connectivity index (χ3v) is 4.05. The summed E-state index contributed by atoms with van der Waals surface area (Å²) in [6.07, 6.45) is 1.17. The number of nitrogens with one attached hydrogen (secondary N) is 1. The summed E-state index contributed by atoms with van der Waals surface area (Å²) in [4.78, 5) is 2.40. The zero-order chi connectivity index (χ0) is 12.5. The minimum Gasteiger partial charge on any atom is -0.398 e. The molecule has 1 aliphatic rings. The number of hydrogen-bond donors (Lipinski definition) is 2. The van der Waals surface area contributed by atoms with E-state index in [0.717, 1.165) is 31.9 Å². The molecule has 1 aromatic rings. The van der Waals surface area contributed by atoms with Gasteiger partial charge in [0.05, 0.1) is 10.6 Å². The molecule has 18 heavy (non-hydrogen) atoms. The van der Waals surface area contributed by atoms with Crippen LogP contribution in [0, 0.1) is 0 Å². The van der Waals surface area contributed by atoms with E-state index in [1.165, 1.54) is 6.26 Å². The molecule has 0 unspecified atom stereocenters. The monoisotopic (exact) mass is 291 g/mol. The van der Waals surface area contributed by atoms with Crippen molar-refractivity contribution in [2.75, 3.05) is 43.1 Å². The molecule has 7 heteroatoms. The quantitative estimate of drug-likeness (QED) is 0.776. The Labute approximate surface area is 114 Å². The molecule has 0 amide bonds. The molecule has 2 rings (SSSR count). The number of nitrogen functional groups attached to an aromatic ring is 1. The first kappa shape index (κ1) is 15.1. The number of sulfone groups is 1. The molecule has 102 valence electrons. The molecular weight excluding hydrogens is 274 g/mol. The summed E-state index contributed by atoms with van der Waals surface area (Å²) in [5.41, 5.74) is 7.10. The first-order valence-electron chi connectivity index (χ1n) is 5.54. The van der Waals surface area contributed by atoms with Gasteiger partial charge in [-0.2, -0.15) is 0 Å². The summed E-state index contributed by atoms with van der Waals surface area (Å²) >= 11 is 0. The Morgan fingerprint density at radius 1 is 1.28 bits per heavy atom. The predicted octanol–water partition coefficient (Wildman–Crippen LogP) is 0.504. The molecule has 1 saturated heterocycles. The van der Waals surface area contributed by atoms with Crippen molar-refractivity contribution in [1.29, 1.82) is 0 Å². The summed E-state index contributed by atoms with van der Waals surface area (Å²) in [5, 5.41) is 3.27. The van der Waals surface area contributed by atoms with Crippen LogP contribution in [0.3, 0.4) is 0 Å². The number of anilines is 2. The fourth-order valence-electron chi connectivity index (χ4n) is 1.99. The van der Waals surface area contributed by atoms with Crippen molar-refractivity contribution in [3.8, 4) is 0 Å². The topological polar surface area (TPSA) is 75.4 Å². The second-order valence-corrected chi connectivity index (χ2v) is 6.22. The molecule has 3 N–H and O–H groups in total. The third-order valence-electron chi connectivity index (χ3n) is 2.87. The maximum atomic E-state index is 11.4. The van der Waals surface area contributed by atoms with E-state index >= 15 is 0 Å². The second-order valence-electron chi connectivity index (χ2n) is 4.23. The Morgan fingerprint density at radius 2 is 1.89 bits per heavy atom. The molecule has 0 atom stereocenters. The molecule has 0 radical (unpaired) electrons. The summed E-state index contributed by atoms with van der Waals surface area (Å²) in [5.74, 6) is 0. The van der Waals surface area contributed by atoms with E-state index in [0.29, 0.717) is 5.69 Å². The van der Waals surface area contributed by atoms with Crippen molar-refractivity contribution < 1.29 is 8.42 Å². The molecule has 0 spiro atoms. The molecule has 1 aromatic carbocycles. The van der Waals surface area contributed by atoms with Gasteiger partial charge >= 0.3 is 0 Å². The lowest BCUT2D eigenvalue weighted by atomic mass is 10.2. The van der Waals surface area contributed by atoms with E-state index in [1.807, 2.05) is 6.07 Å². The molecule has 1 aliphatic heterocycles. The van der Waals surface area contributed by atoms with Gasteiger partial charge in [-0.05, 0) is 18.2 Å². The number of benzene rings is 1. The van der Waals surface area contributed by atoms with E-state index in [-0.39, 0.29) is 17.3 Å². The maximum absolute atomic E-state index is 11.4. The van der Waals surface area contributed by atoms with E-state index in [1.54, 1.807) is 12.1 Å². The number of piperazine rings is 1. The van der Waals surface area contributed by atoms with E-state index < -0.39 is 9.84 Å². The molecule has 1 fully saturated rings. The molecule has 0 saturated carbocycles. The second kappa shape index (κ2) is 5.77. The molecule has 5 nitrogen and oxygen atoms in total. The molecular formula is C11H18ClN3O2S. The van der Waals surface area contributed by atoms with Crippen molar-refractivity contribution in [2.24, 2.45) is 0 Å². The van der Waals surface area contributed by atoms with Crippen molar-refractivity contribution in [2.45, 2.75) is 4.90 Å².